The number of hydrogen-bond donors (Lipinski definition) is 0. The van der Waals surface area contributed by atoms with Crippen LogP contribution in [-0.2, 0) is 34.5 Å². The second-order valence-corrected chi connectivity index (χ2v) is 14.6. The van der Waals surface area contributed by atoms with E-state index in [0.29, 0.717) is 41.4 Å². The molecule has 1 atom stereocenters. The smallest absolute Gasteiger partial charge is 0.337 e. The Bertz CT molecular complexity index is 1570. The number of halogens is 8. The van der Waals surface area contributed by atoms with Gasteiger partial charge >= 0.3 is 12.4 Å². The van der Waals surface area contributed by atoms with Crippen molar-refractivity contribution in [3.63, 3.8) is 0 Å². The Labute approximate surface area is 281 Å². The Kier molecular flexibility index (Phi) is 9.15. The van der Waals surface area contributed by atoms with Crippen molar-refractivity contribution in [3.8, 4) is 0 Å². The minimum atomic E-state index is -4.97. The number of amides is 1. The van der Waals surface area contributed by atoms with Gasteiger partial charge in [-0.2, -0.15) is 26.3 Å². The summed E-state index contributed by atoms with van der Waals surface area (Å²) in [5.74, 6) is -0.298. The van der Waals surface area contributed by atoms with E-state index in [0.717, 1.165) is 55.5 Å². The van der Waals surface area contributed by atoms with Crippen molar-refractivity contribution in [2.24, 2.45) is 0 Å². The molecular formula is C36H37Cl2F6N2O+. The fourth-order valence-corrected chi connectivity index (χ4v) is 8.53. The molecule has 3 nitrogen and oxygen atoms in total. The summed E-state index contributed by atoms with van der Waals surface area (Å²) >= 11 is 12.8. The van der Waals surface area contributed by atoms with E-state index in [9.17, 15) is 31.1 Å². The molecule has 2 bridgehead atoms. The maximum Gasteiger partial charge on any atom is 0.416 e. The number of fused-ring (bicyclic) bond motifs is 3. The van der Waals surface area contributed by atoms with Crippen molar-refractivity contribution in [1.82, 2.24) is 4.90 Å². The molecule has 0 radical (unpaired) electrons. The summed E-state index contributed by atoms with van der Waals surface area (Å²) in [4.78, 5) is 14.9. The predicted octanol–water partition coefficient (Wildman–Crippen LogP) is 9.82. The first-order chi connectivity index (χ1) is 22.1. The number of carbonyl (C=O) groups is 1. The van der Waals surface area contributed by atoms with Crippen LogP contribution >= 0.6 is 23.2 Å². The zero-order valence-electron chi connectivity index (χ0n) is 25.9. The Morgan fingerprint density at radius 1 is 0.745 bits per heavy atom. The minimum absolute atomic E-state index is 0.117. The van der Waals surface area contributed by atoms with Gasteiger partial charge in [-0.25, -0.2) is 0 Å². The van der Waals surface area contributed by atoms with Crippen LogP contribution in [0.25, 0.3) is 0 Å². The molecule has 4 heterocycles. The van der Waals surface area contributed by atoms with Crippen molar-refractivity contribution < 1.29 is 35.6 Å². The van der Waals surface area contributed by atoms with Crippen LogP contribution in [0.2, 0.25) is 10.0 Å². The van der Waals surface area contributed by atoms with E-state index < -0.39 is 28.9 Å². The number of hydrogen-bond acceptors (Lipinski definition) is 1. The topological polar surface area (TPSA) is 20.3 Å². The molecule has 4 aliphatic rings. The third-order valence-corrected chi connectivity index (χ3v) is 11.8. The van der Waals surface area contributed by atoms with E-state index in [1.165, 1.54) is 10.5 Å². The number of likely N-dealkylation sites (tertiary alicyclic amines) is 1. The molecule has 0 aliphatic carbocycles. The highest BCUT2D eigenvalue weighted by Gasteiger charge is 2.51. The van der Waals surface area contributed by atoms with Gasteiger partial charge in [-0.05, 0) is 59.9 Å². The number of quaternary nitrogens is 1. The maximum atomic E-state index is 13.7. The fraction of sp³-hybridized carbons (Fsp3) is 0.472. The third kappa shape index (κ3) is 7.04. The van der Waals surface area contributed by atoms with Crippen LogP contribution in [0, 0.1) is 0 Å². The first kappa shape index (κ1) is 34.1. The zero-order valence-corrected chi connectivity index (χ0v) is 27.4. The van der Waals surface area contributed by atoms with Gasteiger partial charge in [0, 0.05) is 56.0 Å². The lowest BCUT2D eigenvalue weighted by molar-refractivity contribution is -0.944. The Morgan fingerprint density at radius 3 is 1.94 bits per heavy atom. The third-order valence-electron chi connectivity index (χ3n) is 11.1. The Morgan fingerprint density at radius 2 is 1.36 bits per heavy atom. The van der Waals surface area contributed by atoms with Crippen LogP contribution in [0.5, 0.6) is 0 Å². The predicted molar refractivity (Wildman–Crippen MR) is 170 cm³/mol. The van der Waals surface area contributed by atoms with Gasteiger partial charge in [-0.15, -0.1) is 0 Å². The number of benzene rings is 3. The SMILES string of the molecule is O=C1CCCC(CC[N+]23CCC(c4ccccc4)(CC2)CC3)(c2ccc(Cl)c(Cl)c2)CN1Cc1cc(C(F)(F)F)cc(C(F)(F)F)c1. The first-order valence-electron chi connectivity index (χ1n) is 16.0. The summed E-state index contributed by atoms with van der Waals surface area (Å²) < 4.78 is 83.0. The van der Waals surface area contributed by atoms with Gasteiger partial charge in [-0.1, -0.05) is 59.6 Å². The number of rotatable bonds is 7. The Hall–Kier alpha value is -2.75. The second-order valence-electron chi connectivity index (χ2n) is 13.8. The van der Waals surface area contributed by atoms with Gasteiger partial charge in [0.1, 0.15) is 0 Å². The van der Waals surface area contributed by atoms with Crippen molar-refractivity contribution in [2.75, 3.05) is 32.7 Å². The molecular weight excluding hydrogens is 661 g/mol. The second kappa shape index (κ2) is 12.6. The highest BCUT2D eigenvalue weighted by Crippen LogP contribution is 2.48. The quantitative estimate of drug-likeness (QED) is 0.178. The summed E-state index contributed by atoms with van der Waals surface area (Å²) in [6.07, 6.45) is -4.72. The standard InChI is InChI=1S/C36H37Cl2F6N2O/c37-30-9-8-27(22-31(30)38)34(14-18-46-15-11-33(12-16-46,13-17-46)26-5-2-1-3-6-26)10-4-7-32(47)45(24-34)23-25-19-28(35(39,40)41)21-29(20-25)36(42,43)44/h1-3,5-6,8-9,19-22H,4,7,10-18,23-24H2/q+1. The lowest BCUT2D eigenvalue weighted by atomic mass is 9.66. The van der Waals surface area contributed by atoms with E-state index in [2.05, 4.69) is 24.3 Å². The zero-order chi connectivity index (χ0) is 33.7. The molecule has 1 amide bonds. The van der Waals surface area contributed by atoms with Crippen LogP contribution in [0.15, 0.2) is 66.7 Å². The summed E-state index contributed by atoms with van der Waals surface area (Å²) in [6, 6.07) is 17.6. The number of nitrogens with zero attached hydrogens (tertiary/aromatic N) is 2. The fourth-order valence-electron chi connectivity index (χ4n) is 8.23. The molecule has 7 rings (SSSR count). The molecule has 0 N–H and O–H groups in total. The Balaban J connectivity index is 1.30. The lowest BCUT2D eigenvalue weighted by Gasteiger charge is -2.56. The van der Waals surface area contributed by atoms with Crippen molar-refractivity contribution in [3.05, 3.63) is 105 Å². The van der Waals surface area contributed by atoms with Crippen molar-refractivity contribution in [2.45, 2.75) is 74.7 Å². The van der Waals surface area contributed by atoms with Crippen LogP contribution in [0.3, 0.4) is 0 Å². The van der Waals surface area contributed by atoms with Gasteiger partial charge < -0.3 is 9.38 Å². The summed E-state index contributed by atoms with van der Waals surface area (Å²) in [5.41, 5.74) is -1.15. The van der Waals surface area contributed by atoms with Gasteiger partial charge in [0.2, 0.25) is 5.91 Å². The lowest BCUT2D eigenvalue weighted by Crippen LogP contribution is -2.64. The number of piperidine rings is 3. The molecule has 4 aliphatic heterocycles. The molecule has 47 heavy (non-hydrogen) atoms. The van der Waals surface area contributed by atoms with Crippen LogP contribution in [-0.4, -0.2) is 48.0 Å². The molecule has 1 unspecified atom stereocenters. The van der Waals surface area contributed by atoms with Crippen LogP contribution in [0.4, 0.5) is 26.3 Å². The summed E-state index contributed by atoms with van der Waals surface area (Å²) in [7, 11) is 0. The normalized spacial score (nSPS) is 26.8. The van der Waals surface area contributed by atoms with E-state index in [1.54, 1.807) is 12.1 Å². The van der Waals surface area contributed by atoms with Crippen molar-refractivity contribution in [1.29, 1.82) is 0 Å². The number of alkyl halides is 6. The molecule has 252 valence electrons. The van der Waals surface area contributed by atoms with Crippen molar-refractivity contribution >= 4 is 29.1 Å². The molecule has 0 spiro atoms. The highest BCUT2D eigenvalue weighted by molar-refractivity contribution is 6.42. The molecule has 0 aromatic heterocycles. The minimum Gasteiger partial charge on any atom is -0.337 e. The highest BCUT2D eigenvalue weighted by atomic mass is 35.5. The number of carbonyl (C=O) groups excluding carboxylic acids is 1. The van der Waals surface area contributed by atoms with E-state index >= 15 is 0 Å². The van der Waals surface area contributed by atoms with Gasteiger partial charge in [0.15, 0.2) is 0 Å². The van der Waals surface area contributed by atoms with Gasteiger partial charge in [0.25, 0.3) is 0 Å². The van der Waals surface area contributed by atoms with E-state index in [1.807, 2.05) is 12.1 Å². The van der Waals surface area contributed by atoms with Crippen LogP contribution in [0.1, 0.15) is 72.8 Å². The average molecular weight is 699 g/mol. The molecule has 4 saturated heterocycles. The molecule has 4 fully saturated rings. The van der Waals surface area contributed by atoms with E-state index in [4.69, 9.17) is 23.2 Å². The summed E-state index contributed by atoms with van der Waals surface area (Å²) in [5, 5.41) is 0.732. The molecule has 11 heteroatoms. The van der Waals surface area contributed by atoms with Crippen LogP contribution < -0.4 is 0 Å². The van der Waals surface area contributed by atoms with E-state index in [-0.39, 0.29) is 42.5 Å². The maximum absolute atomic E-state index is 13.7. The van der Waals surface area contributed by atoms with Gasteiger partial charge in [0.05, 0.1) is 47.4 Å². The largest absolute Gasteiger partial charge is 0.416 e. The first-order valence-corrected chi connectivity index (χ1v) is 16.8. The molecule has 3 aromatic carbocycles. The monoisotopic (exact) mass is 697 g/mol. The average Bonchev–Trinajstić information content (AvgIpc) is 3.20. The summed E-state index contributed by atoms with van der Waals surface area (Å²) in [6.45, 7) is 3.71. The molecule has 3 aromatic rings. The van der Waals surface area contributed by atoms with Gasteiger partial charge in [-0.3, -0.25) is 4.79 Å². The molecule has 0 saturated carbocycles.